The first-order chi connectivity index (χ1) is 6.98. The lowest BCUT2D eigenvalue weighted by Gasteiger charge is -2.26. The molecule has 0 heterocycles. The molecule has 3 atom stereocenters. The van der Waals surface area contributed by atoms with Crippen LogP contribution in [0, 0.1) is 0 Å². The van der Waals surface area contributed by atoms with Crippen LogP contribution in [0.1, 0.15) is 6.92 Å². The number of aliphatic hydroxyl groups is 2. The van der Waals surface area contributed by atoms with Crippen molar-refractivity contribution in [1.29, 1.82) is 0 Å². The Bertz CT molecular complexity index is 323. The van der Waals surface area contributed by atoms with Gasteiger partial charge in [-0.25, -0.2) is 4.79 Å². The van der Waals surface area contributed by atoms with E-state index in [0.29, 0.717) is 0 Å². The lowest BCUT2D eigenvalue weighted by Crippen LogP contribution is -2.49. The molecule has 0 radical (unpaired) electrons. The Labute approximate surface area is 92.8 Å². The van der Waals surface area contributed by atoms with E-state index in [1.54, 1.807) is 13.0 Å². The van der Waals surface area contributed by atoms with Crippen molar-refractivity contribution in [1.82, 2.24) is 0 Å². The third-order valence-electron chi connectivity index (χ3n) is 2.33. The molecule has 0 saturated carbocycles. The van der Waals surface area contributed by atoms with Crippen LogP contribution in [-0.2, 0) is 9.53 Å². The number of alkyl halides is 1. The lowest BCUT2D eigenvalue weighted by molar-refractivity contribution is -0.158. The van der Waals surface area contributed by atoms with Crippen molar-refractivity contribution in [2.75, 3.05) is 7.11 Å². The lowest BCUT2D eigenvalue weighted by atomic mass is 9.94. The minimum Gasteiger partial charge on any atom is -0.467 e. The second-order valence-corrected chi connectivity index (χ2v) is 3.74. The Morgan fingerprint density at radius 2 is 2.33 bits per heavy atom. The maximum atomic E-state index is 11.4. The SMILES string of the molecule is CC=CC1=C[C@@H](O)[C@@H](Cl)[C@@]1(O)C(=O)OC. The van der Waals surface area contributed by atoms with E-state index in [1.807, 2.05) is 0 Å². The summed E-state index contributed by atoms with van der Waals surface area (Å²) >= 11 is 5.79. The number of rotatable bonds is 2. The predicted molar refractivity (Wildman–Crippen MR) is 55.5 cm³/mol. The standard InChI is InChI=1S/C10H13ClO4/c1-3-4-6-5-7(12)8(11)10(6,14)9(13)15-2/h3-5,7-8,12,14H,1-2H3/t7-,8-,10-/m1/s1. The van der Waals surface area contributed by atoms with Gasteiger partial charge in [0, 0.05) is 0 Å². The van der Waals surface area contributed by atoms with Crippen LogP contribution >= 0.6 is 11.6 Å². The number of carbonyl (C=O) groups is 1. The molecule has 4 nitrogen and oxygen atoms in total. The molecule has 0 spiro atoms. The van der Waals surface area contributed by atoms with Gasteiger partial charge in [0.1, 0.15) is 5.38 Å². The van der Waals surface area contributed by atoms with E-state index in [9.17, 15) is 15.0 Å². The largest absolute Gasteiger partial charge is 0.467 e. The van der Waals surface area contributed by atoms with Crippen LogP contribution in [-0.4, -0.2) is 40.4 Å². The molecule has 0 bridgehead atoms. The van der Waals surface area contributed by atoms with E-state index >= 15 is 0 Å². The van der Waals surface area contributed by atoms with Crippen molar-refractivity contribution in [3.63, 3.8) is 0 Å². The normalized spacial score (nSPS) is 35.7. The van der Waals surface area contributed by atoms with Crippen LogP contribution in [0.5, 0.6) is 0 Å². The highest BCUT2D eigenvalue weighted by atomic mass is 35.5. The average Bonchev–Trinajstić information content (AvgIpc) is 2.44. The van der Waals surface area contributed by atoms with Crippen molar-refractivity contribution in [2.45, 2.75) is 24.0 Å². The number of allylic oxidation sites excluding steroid dienone is 1. The van der Waals surface area contributed by atoms with E-state index < -0.39 is 23.1 Å². The summed E-state index contributed by atoms with van der Waals surface area (Å²) in [5.41, 5.74) is -1.72. The number of carbonyl (C=O) groups excluding carboxylic acids is 1. The van der Waals surface area contributed by atoms with E-state index in [1.165, 1.54) is 12.2 Å². The first-order valence-electron chi connectivity index (χ1n) is 4.46. The zero-order valence-electron chi connectivity index (χ0n) is 8.48. The molecule has 1 rings (SSSR count). The number of esters is 1. The van der Waals surface area contributed by atoms with Crippen LogP contribution < -0.4 is 0 Å². The third kappa shape index (κ3) is 1.80. The molecule has 1 aliphatic rings. The molecule has 0 aromatic carbocycles. The molecule has 15 heavy (non-hydrogen) atoms. The molecule has 0 unspecified atom stereocenters. The van der Waals surface area contributed by atoms with Gasteiger partial charge in [-0.05, 0) is 18.6 Å². The minimum atomic E-state index is -1.97. The fourth-order valence-corrected chi connectivity index (χ4v) is 1.84. The fraction of sp³-hybridized carbons (Fsp3) is 0.500. The maximum absolute atomic E-state index is 11.4. The summed E-state index contributed by atoms with van der Waals surface area (Å²) in [4.78, 5) is 11.4. The van der Waals surface area contributed by atoms with Gasteiger partial charge in [-0.1, -0.05) is 12.2 Å². The second-order valence-electron chi connectivity index (χ2n) is 3.27. The van der Waals surface area contributed by atoms with Gasteiger partial charge in [-0.15, -0.1) is 11.6 Å². The highest BCUT2D eigenvalue weighted by Crippen LogP contribution is 2.36. The highest BCUT2D eigenvalue weighted by molar-refractivity contribution is 6.24. The fourth-order valence-electron chi connectivity index (χ4n) is 1.55. The number of hydrogen-bond donors (Lipinski definition) is 2. The van der Waals surface area contributed by atoms with Crippen LogP contribution in [0.3, 0.4) is 0 Å². The zero-order chi connectivity index (χ0) is 11.6. The Hall–Kier alpha value is -0.840. The van der Waals surface area contributed by atoms with E-state index in [4.69, 9.17) is 11.6 Å². The molecule has 0 aromatic heterocycles. The van der Waals surface area contributed by atoms with Gasteiger partial charge >= 0.3 is 5.97 Å². The Morgan fingerprint density at radius 3 is 2.80 bits per heavy atom. The van der Waals surface area contributed by atoms with Crippen molar-refractivity contribution >= 4 is 17.6 Å². The quantitative estimate of drug-likeness (QED) is 0.534. The van der Waals surface area contributed by atoms with Gasteiger partial charge in [0.05, 0.1) is 13.2 Å². The number of hydrogen-bond acceptors (Lipinski definition) is 4. The van der Waals surface area contributed by atoms with Crippen LogP contribution in [0.15, 0.2) is 23.8 Å². The Morgan fingerprint density at radius 1 is 1.73 bits per heavy atom. The zero-order valence-corrected chi connectivity index (χ0v) is 9.23. The Kier molecular flexibility index (Phi) is 3.54. The van der Waals surface area contributed by atoms with Crippen molar-refractivity contribution in [3.8, 4) is 0 Å². The molecule has 0 aromatic rings. The molecule has 1 aliphatic carbocycles. The molecular formula is C10H13ClO4. The molecule has 0 aliphatic heterocycles. The third-order valence-corrected chi connectivity index (χ3v) is 2.91. The van der Waals surface area contributed by atoms with E-state index in [-0.39, 0.29) is 5.57 Å². The molecule has 2 N–H and O–H groups in total. The van der Waals surface area contributed by atoms with Gasteiger partial charge in [0.15, 0.2) is 0 Å². The summed E-state index contributed by atoms with van der Waals surface area (Å²) in [5, 5.41) is 18.4. The summed E-state index contributed by atoms with van der Waals surface area (Å²) < 4.78 is 4.47. The highest BCUT2D eigenvalue weighted by Gasteiger charge is 2.53. The summed E-state index contributed by atoms with van der Waals surface area (Å²) in [6.07, 6.45) is 3.43. The van der Waals surface area contributed by atoms with Crippen LogP contribution in [0.25, 0.3) is 0 Å². The van der Waals surface area contributed by atoms with Crippen LogP contribution in [0.2, 0.25) is 0 Å². The first kappa shape index (κ1) is 12.2. The summed E-state index contributed by atoms with van der Waals surface area (Å²) in [7, 11) is 1.15. The monoisotopic (exact) mass is 232 g/mol. The number of aliphatic hydroxyl groups excluding tert-OH is 1. The average molecular weight is 233 g/mol. The maximum Gasteiger partial charge on any atom is 0.344 e. The summed E-state index contributed by atoms with van der Waals surface area (Å²) in [5.74, 6) is -0.872. The molecule has 0 fully saturated rings. The molecule has 5 heteroatoms. The number of ether oxygens (including phenoxy) is 1. The van der Waals surface area contributed by atoms with Gasteiger partial charge in [-0.2, -0.15) is 0 Å². The number of methoxy groups -OCH3 is 1. The predicted octanol–water partition coefficient (Wildman–Crippen LogP) is 0.375. The van der Waals surface area contributed by atoms with Crippen molar-refractivity contribution in [3.05, 3.63) is 23.8 Å². The summed E-state index contributed by atoms with van der Waals surface area (Å²) in [6.45, 7) is 1.73. The van der Waals surface area contributed by atoms with Gasteiger partial charge in [0.2, 0.25) is 5.60 Å². The molecule has 0 amide bonds. The van der Waals surface area contributed by atoms with Crippen molar-refractivity contribution < 1.29 is 19.7 Å². The minimum absolute atomic E-state index is 0.254. The molecule has 84 valence electrons. The topological polar surface area (TPSA) is 66.8 Å². The van der Waals surface area contributed by atoms with E-state index in [0.717, 1.165) is 7.11 Å². The molecule has 0 saturated heterocycles. The molecular weight excluding hydrogens is 220 g/mol. The van der Waals surface area contributed by atoms with Crippen molar-refractivity contribution in [2.24, 2.45) is 0 Å². The van der Waals surface area contributed by atoms with Crippen LogP contribution in [0.4, 0.5) is 0 Å². The van der Waals surface area contributed by atoms with Gasteiger partial charge in [-0.3, -0.25) is 0 Å². The van der Waals surface area contributed by atoms with E-state index in [2.05, 4.69) is 4.74 Å². The van der Waals surface area contributed by atoms with Gasteiger partial charge in [0.25, 0.3) is 0 Å². The smallest absolute Gasteiger partial charge is 0.344 e. The van der Waals surface area contributed by atoms with Gasteiger partial charge < -0.3 is 14.9 Å². The Balaban J connectivity index is 3.14. The summed E-state index contributed by atoms with van der Waals surface area (Å²) in [6, 6.07) is 0. The number of halogens is 1. The first-order valence-corrected chi connectivity index (χ1v) is 4.90. The second kappa shape index (κ2) is 4.35.